The van der Waals surface area contributed by atoms with Crippen molar-refractivity contribution in [3.05, 3.63) is 59.9 Å². The number of anilines is 1. The molecular weight excluding hydrogens is 262 g/mol. The molecule has 1 heterocycles. The fourth-order valence-electron chi connectivity index (χ4n) is 2.11. The molecule has 0 saturated heterocycles. The Morgan fingerprint density at radius 3 is 2.48 bits per heavy atom. The monoisotopic (exact) mass is 283 g/mol. The normalized spacial score (nSPS) is 11.9. The number of nitrogens with zero attached hydrogens (tertiary/aromatic N) is 1. The lowest BCUT2D eigenvalue weighted by atomic mass is 10.0. The number of hydrogen-bond acceptors (Lipinski definition) is 3. The molecule has 4 nitrogen and oxygen atoms in total. The van der Waals surface area contributed by atoms with E-state index < -0.39 is 0 Å². The number of hydrogen-bond donors (Lipinski definition) is 2. The minimum absolute atomic E-state index is 0.0438. The summed E-state index contributed by atoms with van der Waals surface area (Å²) in [7, 11) is 0. The highest BCUT2D eigenvalue weighted by Gasteiger charge is 2.09. The van der Waals surface area contributed by atoms with E-state index in [1.807, 2.05) is 24.3 Å². The zero-order valence-electron chi connectivity index (χ0n) is 12.3. The molecular formula is C17H21N3O. The lowest BCUT2D eigenvalue weighted by Crippen LogP contribution is -2.13. The van der Waals surface area contributed by atoms with Crippen LogP contribution in [-0.2, 0) is 0 Å². The number of aromatic nitrogens is 1. The fraction of sp³-hybridized carbons (Fsp3) is 0.294. The van der Waals surface area contributed by atoms with E-state index in [2.05, 4.69) is 17.2 Å². The van der Waals surface area contributed by atoms with E-state index in [-0.39, 0.29) is 11.9 Å². The van der Waals surface area contributed by atoms with Gasteiger partial charge in [-0.25, -0.2) is 0 Å². The van der Waals surface area contributed by atoms with Gasteiger partial charge in [0.05, 0.1) is 0 Å². The molecule has 1 aromatic carbocycles. The summed E-state index contributed by atoms with van der Waals surface area (Å²) in [4.78, 5) is 16.0. The van der Waals surface area contributed by atoms with Crippen LogP contribution in [0.5, 0.6) is 0 Å². The average molecular weight is 283 g/mol. The maximum Gasteiger partial charge on any atom is 0.255 e. The van der Waals surface area contributed by atoms with Gasteiger partial charge in [0.1, 0.15) is 0 Å². The van der Waals surface area contributed by atoms with Crippen LogP contribution in [0.3, 0.4) is 0 Å². The van der Waals surface area contributed by atoms with E-state index in [1.165, 1.54) is 0 Å². The minimum atomic E-state index is -0.130. The number of nitrogens with one attached hydrogen (secondary N) is 1. The molecule has 1 atom stereocenters. The van der Waals surface area contributed by atoms with Gasteiger partial charge >= 0.3 is 0 Å². The van der Waals surface area contributed by atoms with Crippen molar-refractivity contribution in [1.29, 1.82) is 0 Å². The molecule has 1 unspecified atom stereocenters. The van der Waals surface area contributed by atoms with Gasteiger partial charge in [-0.05, 0) is 36.2 Å². The van der Waals surface area contributed by atoms with Gasteiger partial charge in [-0.3, -0.25) is 9.78 Å². The predicted molar refractivity (Wildman–Crippen MR) is 85.1 cm³/mol. The minimum Gasteiger partial charge on any atom is -0.324 e. The van der Waals surface area contributed by atoms with Gasteiger partial charge in [0.15, 0.2) is 0 Å². The standard InChI is InChI=1S/C17H21N3O/c1-2-3-4-16(18)13-5-7-14(8-6-13)17(21)20-15-9-11-19-12-10-15/h5-12,16H,2-4,18H2,1H3,(H,19,20,21). The van der Waals surface area contributed by atoms with Crippen molar-refractivity contribution in [2.45, 2.75) is 32.2 Å². The van der Waals surface area contributed by atoms with E-state index in [1.54, 1.807) is 24.5 Å². The van der Waals surface area contributed by atoms with Gasteiger partial charge in [0, 0.05) is 29.7 Å². The van der Waals surface area contributed by atoms with E-state index in [4.69, 9.17) is 5.73 Å². The lowest BCUT2D eigenvalue weighted by molar-refractivity contribution is 0.102. The van der Waals surface area contributed by atoms with Crippen molar-refractivity contribution in [1.82, 2.24) is 4.98 Å². The number of carbonyl (C=O) groups is 1. The number of carbonyl (C=O) groups excluding carboxylic acids is 1. The average Bonchev–Trinajstić information content (AvgIpc) is 2.53. The molecule has 0 aliphatic carbocycles. The molecule has 0 aliphatic rings. The van der Waals surface area contributed by atoms with E-state index >= 15 is 0 Å². The van der Waals surface area contributed by atoms with Crippen molar-refractivity contribution in [2.24, 2.45) is 5.73 Å². The number of pyridine rings is 1. The summed E-state index contributed by atoms with van der Waals surface area (Å²) in [5.74, 6) is -0.130. The first-order valence-electron chi connectivity index (χ1n) is 7.27. The number of nitrogens with two attached hydrogens (primary N) is 1. The summed E-state index contributed by atoms with van der Waals surface area (Å²) in [6.45, 7) is 2.15. The van der Waals surface area contributed by atoms with Crippen molar-refractivity contribution in [3.8, 4) is 0 Å². The van der Waals surface area contributed by atoms with Crippen LogP contribution >= 0.6 is 0 Å². The third-order valence-corrected chi connectivity index (χ3v) is 3.41. The highest BCUT2D eigenvalue weighted by Crippen LogP contribution is 2.18. The van der Waals surface area contributed by atoms with Crippen LogP contribution < -0.4 is 11.1 Å². The Kier molecular flexibility index (Phi) is 5.46. The molecule has 4 heteroatoms. The van der Waals surface area contributed by atoms with Gasteiger partial charge in [-0.2, -0.15) is 0 Å². The predicted octanol–water partition coefficient (Wildman–Crippen LogP) is 3.52. The summed E-state index contributed by atoms with van der Waals surface area (Å²) in [6.07, 6.45) is 6.52. The second-order valence-corrected chi connectivity index (χ2v) is 5.06. The van der Waals surface area contributed by atoms with E-state index in [0.717, 1.165) is 30.5 Å². The van der Waals surface area contributed by atoms with Crippen LogP contribution in [-0.4, -0.2) is 10.9 Å². The molecule has 3 N–H and O–H groups in total. The quantitative estimate of drug-likeness (QED) is 0.852. The summed E-state index contributed by atoms with van der Waals surface area (Å²) in [5.41, 5.74) is 8.55. The molecule has 1 aromatic heterocycles. The second kappa shape index (κ2) is 7.55. The molecule has 110 valence electrons. The highest BCUT2D eigenvalue weighted by molar-refractivity contribution is 6.04. The molecule has 0 spiro atoms. The molecule has 0 aliphatic heterocycles. The number of rotatable bonds is 6. The Hall–Kier alpha value is -2.20. The van der Waals surface area contributed by atoms with Crippen LogP contribution in [0.2, 0.25) is 0 Å². The molecule has 0 bridgehead atoms. The van der Waals surface area contributed by atoms with Crippen molar-refractivity contribution in [3.63, 3.8) is 0 Å². The van der Waals surface area contributed by atoms with Crippen molar-refractivity contribution < 1.29 is 4.79 Å². The van der Waals surface area contributed by atoms with Gasteiger partial charge in [0.2, 0.25) is 0 Å². The third-order valence-electron chi connectivity index (χ3n) is 3.41. The molecule has 0 radical (unpaired) electrons. The molecule has 2 rings (SSSR count). The molecule has 2 aromatic rings. The van der Waals surface area contributed by atoms with Crippen molar-refractivity contribution >= 4 is 11.6 Å². The summed E-state index contributed by atoms with van der Waals surface area (Å²) < 4.78 is 0. The molecule has 1 amide bonds. The summed E-state index contributed by atoms with van der Waals surface area (Å²) in [5, 5.41) is 2.83. The van der Waals surface area contributed by atoms with E-state index in [9.17, 15) is 4.79 Å². The first kappa shape index (κ1) is 15.2. The zero-order valence-corrected chi connectivity index (χ0v) is 12.3. The largest absolute Gasteiger partial charge is 0.324 e. The second-order valence-electron chi connectivity index (χ2n) is 5.06. The van der Waals surface area contributed by atoms with Gasteiger partial charge in [-0.1, -0.05) is 31.9 Å². The van der Waals surface area contributed by atoms with Gasteiger partial charge in [-0.15, -0.1) is 0 Å². The molecule has 21 heavy (non-hydrogen) atoms. The molecule has 0 saturated carbocycles. The summed E-state index contributed by atoms with van der Waals surface area (Å²) in [6, 6.07) is 11.1. The Morgan fingerprint density at radius 2 is 1.86 bits per heavy atom. The molecule has 0 fully saturated rings. The first-order chi connectivity index (χ1) is 10.2. The lowest BCUT2D eigenvalue weighted by Gasteiger charge is -2.12. The van der Waals surface area contributed by atoms with Crippen LogP contribution in [0.4, 0.5) is 5.69 Å². The van der Waals surface area contributed by atoms with E-state index in [0.29, 0.717) is 5.56 Å². The van der Waals surface area contributed by atoms with Gasteiger partial charge < -0.3 is 11.1 Å². The maximum absolute atomic E-state index is 12.1. The smallest absolute Gasteiger partial charge is 0.255 e. The summed E-state index contributed by atoms with van der Waals surface area (Å²) >= 11 is 0. The zero-order chi connectivity index (χ0) is 15.1. The van der Waals surface area contributed by atoms with Crippen LogP contribution in [0.15, 0.2) is 48.8 Å². The van der Waals surface area contributed by atoms with Crippen molar-refractivity contribution in [2.75, 3.05) is 5.32 Å². The van der Waals surface area contributed by atoms with Crippen LogP contribution in [0.1, 0.15) is 48.1 Å². The first-order valence-corrected chi connectivity index (χ1v) is 7.27. The topological polar surface area (TPSA) is 68.0 Å². The Labute approximate surface area is 125 Å². The third kappa shape index (κ3) is 4.39. The van der Waals surface area contributed by atoms with Gasteiger partial charge in [0.25, 0.3) is 5.91 Å². The SMILES string of the molecule is CCCCC(N)c1ccc(C(=O)Nc2ccncc2)cc1. The Bertz CT molecular complexity index is 566. The Morgan fingerprint density at radius 1 is 1.19 bits per heavy atom. The number of benzene rings is 1. The highest BCUT2D eigenvalue weighted by atomic mass is 16.1. The van der Waals surface area contributed by atoms with Crippen LogP contribution in [0.25, 0.3) is 0 Å². The van der Waals surface area contributed by atoms with Crippen LogP contribution in [0, 0.1) is 0 Å². The number of unbranched alkanes of at least 4 members (excludes halogenated alkanes) is 1. The number of amides is 1. The Balaban J connectivity index is 2.00. The maximum atomic E-state index is 12.1. The fourth-order valence-corrected chi connectivity index (χ4v) is 2.11.